The van der Waals surface area contributed by atoms with Gasteiger partial charge in [-0.2, -0.15) is 0 Å². The van der Waals surface area contributed by atoms with Crippen molar-refractivity contribution in [1.82, 2.24) is 9.55 Å². The van der Waals surface area contributed by atoms with E-state index in [0.29, 0.717) is 17.0 Å². The lowest BCUT2D eigenvalue weighted by Crippen LogP contribution is -2.33. The number of benzene rings is 3. The van der Waals surface area contributed by atoms with Gasteiger partial charge >= 0.3 is 0 Å². The summed E-state index contributed by atoms with van der Waals surface area (Å²) in [6, 6.07) is 27.1. The van der Waals surface area contributed by atoms with E-state index in [9.17, 15) is 5.11 Å². The van der Waals surface area contributed by atoms with Gasteiger partial charge in [-0.15, -0.1) is 0 Å². The lowest BCUT2D eigenvalue weighted by molar-refractivity contribution is 0.111. The Morgan fingerprint density at radius 1 is 0.867 bits per heavy atom. The molecule has 0 unspecified atom stereocenters. The highest BCUT2D eigenvalue weighted by Crippen LogP contribution is 2.39. The van der Waals surface area contributed by atoms with E-state index in [4.69, 9.17) is 9.72 Å². The molecule has 0 radical (unpaired) electrons. The molecule has 0 saturated heterocycles. The zero-order chi connectivity index (χ0) is 21.1. The lowest BCUT2D eigenvalue weighted by Gasteiger charge is -2.29. The van der Waals surface area contributed by atoms with Gasteiger partial charge in [0.2, 0.25) is 0 Å². The largest absolute Gasteiger partial charge is 0.497 e. The minimum Gasteiger partial charge on any atom is -0.497 e. The van der Waals surface area contributed by atoms with Crippen molar-refractivity contribution in [2.75, 3.05) is 7.11 Å². The molecule has 30 heavy (non-hydrogen) atoms. The molecule has 0 fully saturated rings. The fourth-order valence-corrected chi connectivity index (χ4v) is 4.29. The zero-order valence-corrected chi connectivity index (χ0v) is 19.5. The minimum atomic E-state index is -1.43. The molecule has 0 aliphatic carbocycles. The smallest absolute Gasteiger partial charge is 0.173 e. The Hall–Kier alpha value is -2.41. The third-order valence-corrected chi connectivity index (χ3v) is 6.96. The van der Waals surface area contributed by atoms with Gasteiger partial charge in [-0.1, -0.05) is 72.8 Å². The molecular weight excluding hydrogens is 508 g/mol. The van der Waals surface area contributed by atoms with E-state index < -0.39 is 5.60 Å². The Kier molecular flexibility index (Phi) is 6.09. The highest BCUT2D eigenvalue weighted by molar-refractivity contribution is 9.13. The Bertz CT molecular complexity index is 1090. The van der Waals surface area contributed by atoms with Crippen molar-refractivity contribution < 1.29 is 9.84 Å². The van der Waals surface area contributed by atoms with Crippen LogP contribution in [0.3, 0.4) is 0 Å². The van der Waals surface area contributed by atoms with Crippen LogP contribution in [0.25, 0.3) is 0 Å². The summed E-state index contributed by atoms with van der Waals surface area (Å²) in [4.78, 5) is 4.72. The Morgan fingerprint density at radius 2 is 1.40 bits per heavy atom. The Balaban J connectivity index is 1.89. The molecule has 6 heteroatoms. The Labute approximate surface area is 192 Å². The van der Waals surface area contributed by atoms with E-state index in [1.54, 1.807) is 7.11 Å². The molecule has 1 aromatic heterocycles. The van der Waals surface area contributed by atoms with Gasteiger partial charge in [0.05, 0.1) is 7.11 Å². The summed E-state index contributed by atoms with van der Waals surface area (Å²) >= 11 is 7.17. The fraction of sp³-hybridized carbons (Fsp3) is 0.125. The second-order valence-electron chi connectivity index (χ2n) is 6.89. The van der Waals surface area contributed by atoms with Crippen LogP contribution in [0.15, 0.2) is 94.1 Å². The number of nitrogens with zero attached hydrogens (tertiary/aromatic N) is 2. The van der Waals surface area contributed by atoms with E-state index in [1.807, 2.05) is 89.5 Å². The molecule has 0 atom stereocenters. The zero-order valence-electron chi connectivity index (χ0n) is 16.3. The van der Waals surface area contributed by atoms with Crippen molar-refractivity contribution in [3.05, 3.63) is 117 Å². The van der Waals surface area contributed by atoms with Crippen molar-refractivity contribution in [2.24, 2.45) is 0 Å². The van der Waals surface area contributed by atoms with Crippen LogP contribution in [0.5, 0.6) is 5.75 Å². The van der Waals surface area contributed by atoms with E-state index in [2.05, 4.69) is 31.9 Å². The number of halogens is 2. The minimum absolute atomic E-state index is 0.523. The predicted octanol–water partition coefficient (Wildman–Crippen LogP) is 5.75. The summed E-state index contributed by atoms with van der Waals surface area (Å²) in [6.45, 7) is 0.528. The van der Waals surface area contributed by atoms with Gasteiger partial charge in [0, 0.05) is 6.54 Å². The molecule has 1 N–H and O–H groups in total. The number of imidazole rings is 1. The number of methoxy groups -OCH3 is 1. The Morgan fingerprint density at radius 3 is 1.90 bits per heavy atom. The third-order valence-electron chi connectivity index (χ3n) is 5.07. The first-order chi connectivity index (χ1) is 14.5. The molecule has 3 aromatic carbocycles. The van der Waals surface area contributed by atoms with Crippen molar-refractivity contribution in [3.63, 3.8) is 0 Å². The summed E-state index contributed by atoms with van der Waals surface area (Å²) < 4.78 is 8.64. The van der Waals surface area contributed by atoms with E-state index in [0.717, 1.165) is 27.0 Å². The number of rotatable bonds is 6. The first kappa shape index (κ1) is 20.8. The predicted molar refractivity (Wildman–Crippen MR) is 125 cm³/mol. The number of hydrogen-bond donors (Lipinski definition) is 1. The first-order valence-electron chi connectivity index (χ1n) is 9.42. The van der Waals surface area contributed by atoms with Gasteiger partial charge in [-0.25, -0.2) is 4.98 Å². The van der Waals surface area contributed by atoms with Crippen LogP contribution in [-0.4, -0.2) is 21.8 Å². The first-order valence-corrected chi connectivity index (χ1v) is 11.0. The van der Waals surface area contributed by atoms with Gasteiger partial charge in [-0.05, 0) is 60.7 Å². The molecule has 0 spiro atoms. The topological polar surface area (TPSA) is 47.3 Å². The second kappa shape index (κ2) is 8.76. The lowest BCUT2D eigenvalue weighted by atomic mass is 9.85. The summed E-state index contributed by atoms with van der Waals surface area (Å²) in [5, 5.41) is 12.2. The van der Waals surface area contributed by atoms with E-state index in [1.165, 1.54) is 0 Å². The van der Waals surface area contributed by atoms with Crippen LogP contribution in [0.4, 0.5) is 0 Å². The van der Waals surface area contributed by atoms with Crippen LogP contribution in [0, 0.1) is 0 Å². The number of hydrogen-bond acceptors (Lipinski definition) is 3. The number of ether oxygens (including phenoxy) is 1. The number of aromatic nitrogens is 2. The molecule has 152 valence electrons. The SMILES string of the molecule is COc1ccc(Cn2c(C(O)(c3ccccc3)c3ccccc3)nc(Br)c2Br)cc1. The average Bonchev–Trinajstić information content (AvgIpc) is 3.09. The highest BCUT2D eigenvalue weighted by atomic mass is 79.9. The highest BCUT2D eigenvalue weighted by Gasteiger charge is 2.39. The molecule has 0 aliphatic heterocycles. The molecule has 0 bridgehead atoms. The maximum absolute atomic E-state index is 12.2. The molecule has 4 aromatic rings. The normalized spacial score (nSPS) is 11.5. The number of aliphatic hydroxyl groups is 1. The van der Waals surface area contributed by atoms with Crippen molar-refractivity contribution in [1.29, 1.82) is 0 Å². The van der Waals surface area contributed by atoms with Crippen LogP contribution < -0.4 is 4.74 Å². The summed E-state index contributed by atoms with van der Waals surface area (Å²) in [5.41, 5.74) is 1.13. The van der Waals surface area contributed by atoms with Crippen LogP contribution in [-0.2, 0) is 12.1 Å². The molecule has 4 nitrogen and oxygen atoms in total. The molecule has 4 rings (SSSR count). The molecule has 0 amide bonds. The van der Waals surface area contributed by atoms with Gasteiger partial charge < -0.3 is 14.4 Å². The average molecular weight is 528 g/mol. The quantitative estimate of drug-likeness (QED) is 0.347. The van der Waals surface area contributed by atoms with Crippen LogP contribution >= 0.6 is 31.9 Å². The van der Waals surface area contributed by atoms with Gasteiger partial charge in [-0.3, -0.25) is 0 Å². The van der Waals surface area contributed by atoms with E-state index in [-0.39, 0.29) is 0 Å². The summed E-state index contributed by atoms with van der Waals surface area (Å²) in [5.74, 6) is 1.32. The van der Waals surface area contributed by atoms with Gasteiger partial charge in [0.1, 0.15) is 15.0 Å². The molecule has 0 saturated carbocycles. The summed E-state index contributed by atoms with van der Waals surface area (Å²) in [6.07, 6.45) is 0. The van der Waals surface area contributed by atoms with Crippen molar-refractivity contribution >= 4 is 31.9 Å². The molecule has 0 aliphatic rings. The maximum Gasteiger partial charge on any atom is 0.173 e. The van der Waals surface area contributed by atoms with E-state index >= 15 is 0 Å². The van der Waals surface area contributed by atoms with Crippen molar-refractivity contribution in [3.8, 4) is 5.75 Å². The van der Waals surface area contributed by atoms with Crippen LogP contribution in [0.2, 0.25) is 0 Å². The third kappa shape index (κ3) is 3.83. The van der Waals surface area contributed by atoms with Gasteiger partial charge in [0.15, 0.2) is 11.4 Å². The maximum atomic E-state index is 12.2. The van der Waals surface area contributed by atoms with Crippen molar-refractivity contribution in [2.45, 2.75) is 12.1 Å². The standard InChI is InChI=1S/C24H20Br2N2O2/c1-30-20-14-12-17(13-15-20)16-28-22(26)21(25)27-23(28)24(29,18-8-4-2-5-9-18)19-10-6-3-7-11-19/h2-15,29H,16H2,1H3. The van der Waals surface area contributed by atoms with Gasteiger partial charge in [0.25, 0.3) is 0 Å². The summed E-state index contributed by atoms with van der Waals surface area (Å²) in [7, 11) is 1.65. The molecule has 1 heterocycles. The molecular formula is C24H20Br2N2O2. The monoisotopic (exact) mass is 526 g/mol. The fourth-order valence-electron chi connectivity index (χ4n) is 3.52. The van der Waals surface area contributed by atoms with Crippen LogP contribution in [0.1, 0.15) is 22.5 Å². The second-order valence-corrected chi connectivity index (χ2v) is 8.40.